The number of Topliss-reactive ketones (excluding diaryl/α,β-unsaturated/α-hetero) is 1. The molecule has 0 radical (unpaired) electrons. The third kappa shape index (κ3) is 3.28. The van der Waals surface area contributed by atoms with Crippen LogP contribution in [0.2, 0.25) is 0 Å². The molecule has 2 amide bonds. The summed E-state index contributed by atoms with van der Waals surface area (Å²) in [7, 11) is 0. The van der Waals surface area contributed by atoms with Crippen molar-refractivity contribution >= 4 is 23.2 Å². The molecule has 0 spiro atoms. The number of anilines is 2. The maximum Gasteiger partial charge on any atom is 0.322 e. The van der Waals surface area contributed by atoms with Gasteiger partial charge in [0.2, 0.25) is 0 Å². The first-order valence-corrected chi connectivity index (χ1v) is 9.95. The van der Waals surface area contributed by atoms with E-state index in [-0.39, 0.29) is 11.8 Å². The van der Waals surface area contributed by atoms with Crippen LogP contribution >= 0.6 is 0 Å². The number of hydrogen-bond donors (Lipinski definition) is 2. The van der Waals surface area contributed by atoms with Gasteiger partial charge in [-0.05, 0) is 37.0 Å². The summed E-state index contributed by atoms with van der Waals surface area (Å²) < 4.78 is 0. The van der Waals surface area contributed by atoms with Gasteiger partial charge in [0.15, 0.2) is 5.78 Å². The Bertz CT molecular complexity index is 920. The van der Waals surface area contributed by atoms with Crippen molar-refractivity contribution in [2.45, 2.75) is 38.6 Å². The summed E-state index contributed by atoms with van der Waals surface area (Å²) >= 11 is 0. The number of urea groups is 1. The minimum Gasteiger partial charge on any atom is -0.357 e. The van der Waals surface area contributed by atoms with Gasteiger partial charge in [-0.3, -0.25) is 9.69 Å². The maximum atomic E-state index is 13.3. The van der Waals surface area contributed by atoms with Crippen molar-refractivity contribution in [1.29, 1.82) is 0 Å². The molecular formula is C23H25N3O2. The van der Waals surface area contributed by atoms with E-state index in [9.17, 15) is 9.59 Å². The van der Waals surface area contributed by atoms with Crippen LogP contribution in [0.3, 0.4) is 0 Å². The van der Waals surface area contributed by atoms with Crippen molar-refractivity contribution in [3.8, 4) is 0 Å². The van der Waals surface area contributed by atoms with E-state index >= 15 is 0 Å². The maximum absolute atomic E-state index is 13.3. The fourth-order valence-electron chi connectivity index (χ4n) is 4.03. The molecule has 2 aromatic carbocycles. The number of benzene rings is 2. The first kappa shape index (κ1) is 18.3. The first-order valence-electron chi connectivity index (χ1n) is 9.95. The van der Waals surface area contributed by atoms with Crippen LogP contribution < -0.4 is 15.5 Å². The van der Waals surface area contributed by atoms with E-state index in [1.165, 1.54) is 0 Å². The van der Waals surface area contributed by atoms with Crippen LogP contribution in [0.1, 0.15) is 44.2 Å². The van der Waals surface area contributed by atoms with Crippen molar-refractivity contribution in [3.05, 3.63) is 71.4 Å². The van der Waals surface area contributed by atoms with Gasteiger partial charge in [0.25, 0.3) is 0 Å². The van der Waals surface area contributed by atoms with E-state index in [4.69, 9.17) is 0 Å². The highest BCUT2D eigenvalue weighted by Gasteiger charge is 2.39. The van der Waals surface area contributed by atoms with E-state index in [2.05, 4.69) is 10.6 Å². The number of para-hydroxylation sites is 2. The summed E-state index contributed by atoms with van der Waals surface area (Å²) in [6.07, 6.45) is 3.01. The van der Waals surface area contributed by atoms with Gasteiger partial charge in [0.1, 0.15) is 0 Å². The quantitative estimate of drug-likeness (QED) is 0.811. The number of rotatable bonds is 3. The van der Waals surface area contributed by atoms with Crippen molar-refractivity contribution in [3.63, 3.8) is 0 Å². The first-order chi connectivity index (χ1) is 13.7. The molecule has 1 aliphatic carbocycles. The van der Waals surface area contributed by atoms with Crippen molar-refractivity contribution in [1.82, 2.24) is 5.32 Å². The standard InChI is InChI=1S/C23H25N3O2/c1-2-15-24-23(28)26-19-13-7-6-11-17(19)25-18-12-8-14-20(27)21(18)22(26)16-9-4-3-5-10-16/h3-7,9-11,13,22,25H,2,8,12,14-15H2,1H3,(H,24,28)/t22-/m1/s1. The van der Waals surface area contributed by atoms with E-state index in [0.717, 1.165) is 41.9 Å². The highest BCUT2D eigenvalue weighted by molar-refractivity contribution is 6.05. The van der Waals surface area contributed by atoms with E-state index in [0.29, 0.717) is 18.5 Å². The van der Waals surface area contributed by atoms with Crippen LogP contribution in [0, 0.1) is 0 Å². The van der Waals surface area contributed by atoms with Crippen LogP contribution in [0.15, 0.2) is 65.9 Å². The zero-order chi connectivity index (χ0) is 19.5. The van der Waals surface area contributed by atoms with E-state index in [1.807, 2.05) is 61.5 Å². The fraction of sp³-hybridized carbons (Fsp3) is 0.304. The van der Waals surface area contributed by atoms with Gasteiger partial charge in [0, 0.05) is 24.2 Å². The van der Waals surface area contributed by atoms with Crippen LogP contribution in [-0.2, 0) is 4.79 Å². The number of hydrogen-bond acceptors (Lipinski definition) is 3. The summed E-state index contributed by atoms with van der Waals surface area (Å²) in [4.78, 5) is 28.1. The summed E-state index contributed by atoms with van der Waals surface area (Å²) in [5.74, 6) is 0.115. The Morgan fingerprint density at radius 3 is 2.64 bits per heavy atom. The number of ketones is 1. The van der Waals surface area contributed by atoms with Crippen LogP contribution in [0.25, 0.3) is 0 Å². The van der Waals surface area contributed by atoms with Gasteiger partial charge in [-0.25, -0.2) is 4.79 Å². The predicted molar refractivity (Wildman–Crippen MR) is 111 cm³/mol. The Balaban J connectivity index is 1.94. The molecular weight excluding hydrogens is 350 g/mol. The molecule has 0 aromatic heterocycles. The Labute approximate surface area is 165 Å². The molecule has 0 fully saturated rings. The average molecular weight is 375 g/mol. The van der Waals surface area contributed by atoms with Crippen LogP contribution in [0.4, 0.5) is 16.2 Å². The average Bonchev–Trinajstić information content (AvgIpc) is 2.87. The molecule has 144 valence electrons. The SMILES string of the molecule is CCCNC(=O)N1c2ccccc2NC2=C(C(=O)CCC2)[C@H]1c1ccccc1. The van der Waals surface area contributed by atoms with Crippen molar-refractivity contribution < 1.29 is 9.59 Å². The zero-order valence-corrected chi connectivity index (χ0v) is 16.1. The van der Waals surface area contributed by atoms with Crippen molar-refractivity contribution in [2.24, 2.45) is 0 Å². The molecule has 2 N–H and O–H groups in total. The number of carbonyl (C=O) groups is 2. The second-order valence-electron chi connectivity index (χ2n) is 7.23. The number of nitrogens with zero attached hydrogens (tertiary/aromatic N) is 1. The lowest BCUT2D eigenvalue weighted by atomic mass is 9.86. The normalized spacial score (nSPS) is 18.7. The number of nitrogens with one attached hydrogen (secondary N) is 2. The van der Waals surface area contributed by atoms with Crippen molar-refractivity contribution in [2.75, 3.05) is 16.8 Å². The second-order valence-corrected chi connectivity index (χ2v) is 7.23. The Morgan fingerprint density at radius 1 is 1.11 bits per heavy atom. The monoisotopic (exact) mass is 375 g/mol. The molecule has 5 heteroatoms. The van der Waals surface area contributed by atoms with Gasteiger partial charge in [-0.2, -0.15) is 0 Å². The minimum atomic E-state index is -0.447. The number of fused-ring (bicyclic) bond motifs is 1. The molecule has 2 aliphatic rings. The molecule has 5 nitrogen and oxygen atoms in total. The summed E-state index contributed by atoms with van der Waals surface area (Å²) in [5, 5.41) is 6.48. The summed E-state index contributed by atoms with van der Waals surface area (Å²) in [6, 6.07) is 17.0. The third-order valence-corrected chi connectivity index (χ3v) is 5.30. The van der Waals surface area contributed by atoms with E-state index in [1.54, 1.807) is 4.90 Å². The van der Waals surface area contributed by atoms with Gasteiger partial charge in [-0.15, -0.1) is 0 Å². The topological polar surface area (TPSA) is 61.4 Å². The van der Waals surface area contributed by atoms with Gasteiger partial charge >= 0.3 is 6.03 Å². The molecule has 0 unspecified atom stereocenters. The molecule has 0 saturated carbocycles. The molecule has 1 heterocycles. The van der Waals surface area contributed by atoms with Gasteiger partial charge in [-0.1, -0.05) is 49.4 Å². The number of carbonyl (C=O) groups excluding carboxylic acids is 2. The summed E-state index contributed by atoms with van der Waals surface area (Å²) in [5.41, 5.74) is 4.22. The Kier molecular flexibility index (Phi) is 5.15. The minimum absolute atomic E-state index is 0.115. The summed E-state index contributed by atoms with van der Waals surface area (Å²) in [6.45, 7) is 2.62. The Hall–Kier alpha value is -3.08. The molecule has 0 saturated heterocycles. The lowest BCUT2D eigenvalue weighted by Gasteiger charge is -2.33. The predicted octanol–water partition coefficient (Wildman–Crippen LogP) is 4.79. The lowest BCUT2D eigenvalue weighted by Crippen LogP contribution is -2.44. The fourth-order valence-corrected chi connectivity index (χ4v) is 4.03. The molecule has 2 aromatic rings. The molecule has 28 heavy (non-hydrogen) atoms. The molecule has 1 aliphatic heterocycles. The zero-order valence-electron chi connectivity index (χ0n) is 16.1. The highest BCUT2D eigenvalue weighted by Crippen LogP contribution is 2.44. The molecule has 1 atom stereocenters. The smallest absolute Gasteiger partial charge is 0.322 e. The highest BCUT2D eigenvalue weighted by atomic mass is 16.2. The third-order valence-electron chi connectivity index (χ3n) is 5.30. The Morgan fingerprint density at radius 2 is 1.86 bits per heavy atom. The number of allylic oxidation sites excluding steroid dienone is 1. The number of amides is 2. The van der Waals surface area contributed by atoms with Gasteiger partial charge in [0.05, 0.1) is 17.4 Å². The molecule has 0 bridgehead atoms. The molecule has 4 rings (SSSR count). The van der Waals surface area contributed by atoms with Gasteiger partial charge < -0.3 is 10.6 Å². The largest absolute Gasteiger partial charge is 0.357 e. The lowest BCUT2D eigenvalue weighted by molar-refractivity contribution is -0.116. The second kappa shape index (κ2) is 7.89. The van der Waals surface area contributed by atoms with E-state index < -0.39 is 6.04 Å². The van der Waals surface area contributed by atoms with Crippen LogP contribution in [0.5, 0.6) is 0 Å². The van der Waals surface area contributed by atoms with Crippen LogP contribution in [-0.4, -0.2) is 18.4 Å².